The summed E-state index contributed by atoms with van der Waals surface area (Å²) in [6.45, 7) is 5.67. The Balaban J connectivity index is 1.69. The smallest absolute Gasteiger partial charge is 0.130 e. The molecular weight excluding hydrogens is 288 g/mol. The molecule has 1 aliphatic rings. The molecule has 0 amide bonds. The van der Waals surface area contributed by atoms with E-state index in [9.17, 15) is 0 Å². The van der Waals surface area contributed by atoms with Crippen LogP contribution in [0.5, 0.6) is 0 Å². The first-order valence-corrected chi connectivity index (χ1v) is 8.32. The van der Waals surface area contributed by atoms with E-state index in [1.54, 1.807) is 0 Å². The number of hydrogen-bond donors (Lipinski definition) is 1. The molecule has 5 nitrogen and oxygen atoms in total. The van der Waals surface area contributed by atoms with Crippen molar-refractivity contribution >= 4 is 5.82 Å². The summed E-state index contributed by atoms with van der Waals surface area (Å²) in [4.78, 5) is 13.2. The lowest BCUT2D eigenvalue weighted by Crippen LogP contribution is -2.30. The number of aromatic nitrogens is 3. The third-order valence-corrected chi connectivity index (χ3v) is 4.15. The fourth-order valence-corrected chi connectivity index (χ4v) is 3.01. The molecule has 23 heavy (non-hydrogen) atoms. The van der Waals surface area contributed by atoms with Crippen molar-refractivity contribution in [2.75, 3.05) is 18.5 Å². The number of nitrogens with zero attached hydrogens (tertiary/aromatic N) is 3. The molecule has 2 aromatic rings. The van der Waals surface area contributed by atoms with Crippen molar-refractivity contribution in [3.63, 3.8) is 0 Å². The van der Waals surface area contributed by atoms with Crippen molar-refractivity contribution in [2.24, 2.45) is 5.92 Å². The number of rotatable bonds is 6. The largest absolute Gasteiger partial charge is 0.379 e. The highest BCUT2D eigenvalue weighted by Crippen LogP contribution is 2.22. The van der Waals surface area contributed by atoms with Gasteiger partial charge < -0.3 is 10.1 Å². The molecular formula is C18H24N4O. The molecule has 0 saturated carbocycles. The van der Waals surface area contributed by atoms with Gasteiger partial charge in [-0.3, -0.25) is 4.98 Å². The SMILES string of the molecule is CCCc1nc(C)cc(NC2COCC2Cc2ccncc2)n1. The fourth-order valence-electron chi connectivity index (χ4n) is 3.01. The molecule has 3 heterocycles. The Hall–Kier alpha value is -2.01. The van der Waals surface area contributed by atoms with Gasteiger partial charge in [0.05, 0.1) is 19.3 Å². The van der Waals surface area contributed by atoms with Crippen LogP contribution in [0.3, 0.4) is 0 Å². The summed E-state index contributed by atoms with van der Waals surface area (Å²) in [7, 11) is 0. The van der Waals surface area contributed by atoms with Gasteiger partial charge in [0, 0.05) is 36.5 Å². The lowest BCUT2D eigenvalue weighted by Gasteiger charge is -2.20. The van der Waals surface area contributed by atoms with Crippen LogP contribution < -0.4 is 5.32 Å². The first kappa shape index (κ1) is 15.9. The zero-order valence-corrected chi connectivity index (χ0v) is 13.8. The molecule has 0 aliphatic carbocycles. The molecule has 2 aromatic heterocycles. The number of aryl methyl sites for hydroxylation is 2. The lowest BCUT2D eigenvalue weighted by molar-refractivity contribution is 0.185. The van der Waals surface area contributed by atoms with E-state index in [0.717, 1.165) is 49.8 Å². The van der Waals surface area contributed by atoms with Gasteiger partial charge in [0.25, 0.3) is 0 Å². The van der Waals surface area contributed by atoms with Gasteiger partial charge in [0.15, 0.2) is 0 Å². The van der Waals surface area contributed by atoms with Crippen LogP contribution in [0, 0.1) is 12.8 Å². The van der Waals surface area contributed by atoms with Crippen molar-refractivity contribution in [1.29, 1.82) is 0 Å². The summed E-state index contributed by atoms with van der Waals surface area (Å²) < 4.78 is 5.70. The van der Waals surface area contributed by atoms with E-state index in [2.05, 4.69) is 39.3 Å². The molecule has 2 atom stereocenters. The first-order valence-electron chi connectivity index (χ1n) is 8.32. The van der Waals surface area contributed by atoms with Gasteiger partial charge in [-0.05, 0) is 37.5 Å². The first-order chi connectivity index (χ1) is 11.2. The predicted octanol–water partition coefficient (Wildman–Crippen LogP) is 2.80. The van der Waals surface area contributed by atoms with Crippen LogP contribution in [0.2, 0.25) is 0 Å². The van der Waals surface area contributed by atoms with Crippen LogP contribution in [-0.4, -0.2) is 34.2 Å². The number of hydrogen-bond acceptors (Lipinski definition) is 5. The number of ether oxygens (including phenoxy) is 1. The van der Waals surface area contributed by atoms with Gasteiger partial charge in [-0.15, -0.1) is 0 Å². The topological polar surface area (TPSA) is 59.9 Å². The van der Waals surface area contributed by atoms with Gasteiger partial charge in [0.2, 0.25) is 0 Å². The van der Waals surface area contributed by atoms with Crippen molar-refractivity contribution in [3.05, 3.63) is 47.7 Å². The van der Waals surface area contributed by atoms with Crippen molar-refractivity contribution in [3.8, 4) is 0 Å². The molecule has 1 saturated heterocycles. The van der Waals surface area contributed by atoms with Crippen molar-refractivity contribution < 1.29 is 4.74 Å². The maximum Gasteiger partial charge on any atom is 0.130 e. The van der Waals surface area contributed by atoms with Crippen LogP contribution in [0.1, 0.15) is 30.4 Å². The second-order valence-corrected chi connectivity index (χ2v) is 6.17. The molecule has 1 fully saturated rings. The van der Waals surface area contributed by atoms with E-state index in [1.165, 1.54) is 5.56 Å². The number of pyridine rings is 1. The zero-order chi connectivity index (χ0) is 16.1. The van der Waals surface area contributed by atoms with Crippen molar-refractivity contribution in [1.82, 2.24) is 15.0 Å². The molecule has 3 rings (SSSR count). The third-order valence-electron chi connectivity index (χ3n) is 4.15. The quantitative estimate of drug-likeness (QED) is 0.889. The van der Waals surface area contributed by atoms with E-state index in [-0.39, 0.29) is 6.04 Å². The van der Waals surface area contributed by atoms with Gasteiger partial charge >= 0.3 is 0 Å². The standard InChI is InChI=1S/C18H24N4O/c1-3-4-17-20-13(2)9-18(22-17)21-16-12-23-11-15(16)10-14-5-7-19-8-6-14/h5-9,15-16H,3-4,10-12H2,1-2H3,(H,20,21,22). The minimum atomic E-state index is 0.284. The lowest BCUT2D eigenvalue weighted by atomic mass is 9.95. The van der Waals surface area contributed by atoms with Crippen LogP contribution >= 0.6 is 0 Å². The van der Waals surface area contributed by atoms with Crippen LogP contribution in [-0.2, 0) is 17.6 Å². The zero-order valence-electron chi connectivity index (χ0n) is 13.8. The van der Waals surface area contributed by atoms with E-state index in [1.807, 2.05) is 25.4 Å². The van der Waals surface area contributed by atoms with E-state index < -0.39 is 0 Å². The molecule has 1 N–H and O–H groups in total. The van der Waals surface area contributed by atoms with Crippen molar-refractivity contribution in [2.45, 2.75) is 39.2 Å². The highest BCUT2D eigenvalue weighted by atomic mass is 16.5. The number of nitrogens with one attached hydrogen (secondary N) is 1. The van der Waals surface area contributed by atoms with Gasteiger partial charge in [-0.25, -0.2) is 9.97 Å². The second kappa shape index (κ2) is 7.51. The Morgan fingerprint density at radius 2 is 2.04 bits per heavy atom. The Bertz CT molecular complexity index is 632. The summed E-state index contributed by atoms with van der Waals surface area (Å²) in [5, 5.41) is 3.56. The monoisotopic (exact) mass is 312 g/mol. The molecule has 122 valence electrons. The molecule has 0 bridgehead atoms. The number of anilines is 1. The normalized spacial score (nSPS) is 20.6. The molecule has 0 aromatic carbocycles. The summed E-state index contributed by atoms with van der Waals surface area (Å²) in [6, 6.07) is 6.45. The van der Waals surface area contributed by atoms with Gasteiger partial charge in [-0.1, -0.05) is 6.92 Å². The Labute approximate surface area is 137 Å². The Morgan fingerprint density at radius 1 is 1.22 bits per heavy atom. The van der Waals surface area contributed by atoms with E-state index in [0.29, 0.717) is 5.92 Å². The summed E-state index contributed by atoms with van der Waals surface area (Å²) >= 11 is 0. The second-order valence-electron chi connectivity index (χ2n) is 6.17. The van der Waals surface area contributed by atoms with E-state index >= 15 is 0 Å². The minimum absolute atomic E-state index is 0.284. The maximum atomic E-state index is 5.70. The summed E-state index contributed by atoms with van der Waals surface area (Å²) in [5.41, 5.74) is 2.31. The molecule has 1 aliphatic heterocycles. The molecule has 0 radical (unpaired) electrons. The van der Waals surface area contributed by atoms with Crippen LogP contribution in [0.4, 0.5) is 5.82 Å². The van der Waals surface area contributed by atoms with Crippen LogP contribution in [0.25, 0.3) is 0 Å². The van der Waals surface area contributed by atoms with Gasteiger partial charge in [0.1, 0.15) is 11.6 Å². The maximum absolute atomic E-state index is 5.70. The highest BCUT2D eigenvalue weighted by Gasteiger charge is 2.28. The molecule has 0 spiro atoms. The van der Waals surface area contributed by atoms with Crippen LogP contribution in [0.15, 0.2) is 30.6 Å². The average Bonchev–Trinajstić information content (AvgIpc) is 2.95. The summed E-state index contributed by atoms with van der Waals surface area (Å²) in [5.74, 6) is 2.28. The van der Waals surface area contributed by atoms with Gasteiger partial charge in [-0.2, -0.15) is 0 Å². The van der Waals surface area contributed by atoms with E-state index in [4.69, 9.17) is 4.74 Å². The fraction of sp³-hybridized carbons (Fsp3) is 0.500. The average molecular weight is 312 g/mol. The molecule has 2 unspecified atom stereocenters. The Kier molecular flexibility index (Phi) is 5.18. The third kappa shape index (κ3) is 4.26. The highest BCUT2D eigenvalue weighted by molar-refractivity contribution is 5.37. The molecule has 5 heteroatoms. The Morgan fingerprint density at radius 3 is 2.83 bits per heavy atom. The minimum Gasteiger partial charge on any atom is -0.379 e. The summed E-state index contributed by atoms with van der Waals surface area (Å²) in [6.07, 6.45) is 6.65. The predicted molar refractivity (Wildman–Crippen MR) is 90.4 cm³/mol.